The number of furan rings is 1. The van der Waals surface area contributed by atoms with Crippen LogP contribution in [0, 0.1) is 6.92 Å². The summed E-state index contributed by atoms with van der Waals surface area (Å²) < 4.78 is 6.06. The molecule has 1 atom stereocenters. The maximum Gasteiger partial charge on any atom is 0.142 e. The second-order valence-corrected chi connectivity index (χ2v) is 6.70. The lowest BCUT2D eigenvalue weighted by Gasteiger charge is -2.39. The summed E-state index contributed by atoms with van der Waals surface area (Å²) in [6.07, 6.45) is 2.24. The van der Waals surface area contributed by atoms with Crippen LogP contribution < -0.4 is 0 Å². The quantitative estimate of drug-likeness (QED) is 0.606. The molecular formula is C20H19NO. The van der Waals surface area contributed by atoms with Crippen molar-refractivity contribution in [2.75, 3.05) is 13.6 Å². The largest absolute Gasteiger partial charge is 0.461 e. The third-order valence-corrected chi connectivity index (χ3v) is 5.37. The van der Waals surface area contributed by atoms with Crippen molar-refractivity contribution in [2.45, 2.75) is 25.8 Å². The van der Waals surface area contributed by atoms with Crippen molar-refractivity contribution < 1.29 is 4.42 Å². The van der Waals surface area contributed by atoms with Gasteiger partial charge in [-0.15, -0.1) is 0 Å². The maximum absolute atomic E-state index is 6.06. The highest BCUT2D eigenvalue weighted by atomic mass is 16.3. The molecule has 5 rings (SSSR count). The first-order valence-corrected chi connectivity index (χ1v) is 8.07. The summed E-state index contributed by atoms with van der Waals surface area (Å²) in [5.74, 6) is 0.993. The third kappa shape index (κ3) is 1.53. The predicted molar refractivity (Wildman–Crippen MR) is 89.2 cm³/mol. The molecule has 0 fully saturated rings. The maximum atomic E-state index is 6.06. The highest BCUT2D eigenvalue weighted by Crippen LogP contribution is 2.47. The smallest absolute Gasteiger partial charge is 0.142 e. The van der Waals surface area contributed by atoms with Crippen LogP contribution in [0.25, 0.3) is 22.1 Å². The monoisotopic (exact) mass is 289 g/mol. The Bertz CT molecular complexity index is 905. The first-order valence-electron chi connectivity index (χ1n) is 8.07. The van der Waals surface area contributed by atoms with Gasteiger partial charge in [0.15, 0.2) is 0 Å². The molecule has 1 aromatic heterocycles. The SMILES string of the molecule is Cc1cc2ccc3c(c2o1)-c1cccc2c1[C@@H](C3)N(C)CC2. The van der Waals surface area contributed by atoms with Gasteiger partial charge in [0.2, 0.25) is 0 Å². The standard InChI is InChI=1S/C20H19NO/c1-12-10-15-7-6-14-11-17-18-13(8-9-21(17)2)4-3-5-16(18)19(14)20(15)22-12/h3-7,10,17H,8-9,11H2,1-2H3/t17-/m1/s1. The number of fused-ring (bicyclic) bond motifs is 4. The van der Waals surface area contributed by atoms with Crippen molar-refractivity contribution in [3.63, 3.8) is 0 Å². The summed E-state index contributed by atoms with van der Waals surface area (Å²) in [5, 5.41) is 1.22. The molecule has 3 aromatic rings. The van der Waals surface area contributed by atoms with Crippen molar-refractivity contribution in [1.29, 1.82) is 0 Å². The fourth-order valence-corrected chi connectivity index (χ4v) is 4.32. The van der Waals surface area contributed by atoms with Gasteiger partial charge in [0, 0.05) is 23.5 Å². The number of aryl methyl sites for hydroxylation is 1. The highest BCUT2D eigenvalue weighted by molar-refractivity contribution is 5.97. The van der Waals surface area contributed by atoms with Crippen LogP contribution in [0.5, 0.6) is 0 Å². The molecule has 0 radical (unpaired) electrons. The average molecular weight is 289 g/mol. The van der Waals surface area contributed by atoms with Crippen LogP contribution in [-0.4, -0.2) is 18.5 Å². The Kier molecular flexibility index (Phi) is 2.40. The van der Waals surface area contributed by atoms with E-state index >= 15 is 0 Å². The average Bonchev–Trinajstić information content (AvgIpc) is 2.91. The summed E-state index contributed by atoms with van der Waals surface area (Å²) in [4.78, 5) is 2.51. The molecule has 1 aliphatic heterocycles. The number of rotatable bonds is 0. The number of hydrogen-bond donors (Lipinski definition) is 0. The summed E-state index contributed by atoms with van der Waals surface area (Å²) in [6, 6.07) is 14.0. The Labute approximate surface area is 130 Å². The van der Waals surface area contributed by atoms with E-state index in [-0.39, 0.29) is 0 Å². The van der Waals surface area contributed by atoms with E-state index in [2.05, 4.69) is 48.3 Å². The van der Waals surface area contributed by atoms with Crippen molar-refractivity contribution in [3.8, 4) is 11.1 Å². The van der Waals surface area contributed by atoms with E-state index in [1.54, 1.807) is 0 Å². The number of benzene rings is 2. The molecule has 0 bridgehead atoms. The van der Waals surface area contributed by atoms with Crippen LogP contribution in [0.3, 0.4) is 0 Å². The zero-order chi connectivity index (χ0) is 14.8. The second-order valence-electron chi connectivity index (χ2n) is 6.70. The van der Waals surface area contributed by atoms with Gasteiger partial charge in [-0.25, -0.2) is 0 Å². The van der Waals surface area contributed by atoms with Gasteiger partial charge in [0.05, 0.1) is 0 Å². The first-order chi connectivity index (χ1) is 10.7. The van der Waals surface area contributed by atoms with E-state index in [1.807, 2.05) is 6.92 Å². The van der Waals surface area contributed by atoms with E-state index in [0.29, 0.717) is 6.04 Å². The van der Waals surface area contributed by atoms with E-state index < -0.39 is 0 Å². The minimum Gasteiger partial charge on any atom is -0.461 e. The Morgan fingerprint density at radius 1 is 1.14 bits per heavy atom. The second kappa shape index (κ2) is 4.23. The molecule has 110 valence electrons. The van der Waals surface area contributed by atoms with Crippen LogP contribution >= 0.6 is 0 Å². The van der Waals surface area contributed by atoms with Crippen LogP contribution in [-0.2, 0) is 12.8 Å². The van der Waals surface area contributed by atoms with Gasteiger partial charge >= 0.3 is 0 Å². The van der Waals surface area contributed by atoms with Crippen molar-refractivity contribution >= 4 is 11.0 Å². The molecule has 2 nitrogen and oxygen atoms in total. The van der Waals surface area contributed by atoms with Crippen molar-refractivity contribution in [3.05, 3.63) is 58.8 Å². The molecule has 0 saturated heterocycles. The molecule has 0 N–H and O–H groups in total. The van der Waals surface area contributed by atoms with Gasteiger partial charge in [-0.2, -0.15) is 0 Å². The molecule has 0 spiro atoms. The van der Waals surface area contributed by atoms with Crippen LogP contribution in [0.1, 0.15) is 28.5 Å². The van der Waals surface area contributed by atoms with E-state index in [9.17, 15) is 0 Å². The molecule has 2 aliphatic rings. The summed E-state index contributed by atoms with van der Waals surface area (Å²) in [6.45, 7) is 3.19. The van der Waals surface area contributed by atoms with E-state index in [4.69, 9.17) is 4.42 Å². The Morgan fingerprint density at radius 2 is 2.05 bits per heavy atom. The summed E-state index contributed by atoms with van der Waals surface area (Å²) >= 11 is 0. The van der Waals surface area contributed by atoms with Crippen LogP contribution in [0.15, 0.2) is 40.8 Å². The van der Waals surface area contributed by atoms with Crippen LogP contribution in [0.4, 0.5) is 0 Å². The van der Waals surface area contributed by atoms with Gasteiger partial charge in [-0.3, -0.25) is 4.90 Å². The first kappa shape index (κ1) is 12.5. The Morgan fingerprint density at radius 3 is 2.95 bits per heavy atom. The molecule has 0 amide bonds. The molecule has 2 heteroatoms. The Hall–Kier alpha value is -2.06. The van der Waals surface area contributed by atoms with Gasteiger partial charge < -0.3 is 4.42 Å². The lowest BCUT2D eigenvalue weighted by molar-refractivity contribution is 0.228. The van der Waals surface area contributed by atoms with Crippen LogP contribution in [0.2, 0.25) is 0 Å². The van der Waals surface area contributed by atoms with Crippen molar-refractivity contribution in [2.24, 2.45) is 0 Å². The molecule has 2 heterocycles. The zero-order valence-electron chi connectivity index (χ0n) is 13.0. The van der Waals surface area contributed by atoms with Gasteiger partial charge in [0.25, 0.3) is 0 Å². The topological polar surface area (TPSA) is 16.4 Å². The van der Waals surface area contributed by atoms with Gasteiger partial charge in [0.1, 0.15) is 11.3 Å². The number of likely N-dealkylation sites (N-methyl/N-ethyl adjacent to an activating group) is 1. The number of hydrogen-bond acceptors (Lipinski definition) is 2. The molecule has 1 aliphatic carbocycles. The van der Waals surface area contributed by atoms with E-state index in [1.165, 1.54) is 33.2 Å². The normalized spacial score (nSPS) is 20.0. The lowest BCUT2D eigenvalue weighted by Crippen LogP contribution is -2.35. The minimum atomic E-state index is 0.515. The Balaban J connectivity index is 1.89. The van der Waals surface area contributed by atoms with E-state index in [0.717, 1.165) is 30.7 Å². The van der Waals surface area contributed by atoms with Gasteiger partial charge in [-0.05, 0) is 55.1 Å². The van der Waals surface area contributed by atoms with Crippen molar-refractivity contribution in [1.82, 2.24) is 4.90 Å². The fourth-order valence-electron chi connectivity index (χ4n) is 4.32. The summed E-state index contributed by atoms with van der Waals surface area (Å²) in [5.41, 5.74) is 8.25. The van der Waals surface area contributed by atoms with Gasteiger partial charge in [-0.1, -0.05) is 30.3 Å². The minimum absolute atomic E-state index is 0.515. The third-order valence-electron chi connectivity index (χ3n) is 5.37. The molecule has 0 unspecified atom stereocenters. The lowest BCUT2D eigenvalue weighted by atomic mass is 9.77. The molecule has 22 heavy (non-hydrogen) atoms. The molecule has 2 aromatic carbocycles. The fraction of sp³-hybridized carbons (Fsp3) is 0.300. The zero-order valence-corrected chi connectivity index (χ0v) is 13.0. The molecule has 0 saturated carbocycles. The molecular weight excluding hydrogens is 270 g/mol. The summed E-state index contributed by atoms with van der Waals surface area (Å²) in [7, 11) is 2.25. The predicted octanol–water partition coefficient (Wildman–Crippen LogP) is 4.49. The highest BCUT2D eigenvalue weighted by Gasteiger charge is 2.33. The number of nitrogens with zero attached hydrogens (tertiary/aromatic N) is 1.